The number of ether oxygens (including phenoxy) is 1. The maximum Gasteiger partial charge on any atom is 0.167 e. The van der Waals surface area contributed by atoms with Gasteiger partial charge in [0.2, 0.25) is 0 Å². The third-order valence-corrected chi connectivity index (χ3v) is 6.13. The number of carbonyl (C=O) groups is 1. The molecule has 0 fully saturated rings. The summed E-state index contributed by atoms with van der Waals surface area (Å²) in [6, 6.07) is 36.7. The molecule has 4 nitrogen and oxygen atoms in total. The van der Waals surface area contributed by atoms with Crippen LogP contribution in [0.3, 0.4) is 0 Å². The third kappa shape index (κ3) is 5.14. The lowest BCUT2D eigenvalue weighted by molar-refractivity contribution is -0.118. The Bertz CT molecular complexity index is 1540. The molecule has 1 aromatic heterocycles. The summed E-state index contributed by atoms with van der Waals surface area (Å²) in [6.45, 7) is 6.22. The van der Waals surface area contributed by atoms with Gasteiger partial charge >= 0.3 is 0 Å². The molecule has 0 spiro atoms. The summed E-state index contributed by atoms with van der Waals surface area (Å²) in [6.07, 6.45) is 1.91. The molecular formula is C33H28N2O2. The summed E-state index contributed by atoms with van der Waals surface area (Å²) in [4.78, 5) is 16.7. The normalized spacial score (nSPS) is 10.7. The molecule has 0 saturated carbocycles. The quantitative estimate of drug-likeness (QED) is 0.201. The van der Waals surface area contributed by atoms with Crippen LogP contribution in [0.15, 0.2) is 122 Å². The SMILES string of the molecule is C=CCn1c(-c2ccccc2-c2cccc(OCC(C)=O)c2)nc(-c2ccccc2)c1-c1ccccc1. The van der Waals surface area contributed by atoms with Crippen molar-refractivity contribution in [2.75, 3.05) is 6.61 Å². The highest BCUT2D eigenvalue weighted by Gasteiger charge is 2.22. The molecule has 0 aliphatic rings. The van der Waals surface area contributed by atoms with Crippen LogP contribution in [0.2, 0.25) is 0 Å². The monoisotopic (exact) mass is 484 g/mol. The fourth-order valence-corrected chi connectivity index (χ4v) is 4.52. The Kier molecular flexibility index (Phi) is 7.09. The molecule has 4 aromatic carbocycles. The zero-order chi connectivity index (χ0) is 25.6. The molecule has 5 rings (SSSR count). The molecule has 0 unspecified atom stereocenters. The van der Waals surface area contributed by atoms with E-state index < -0.39 is 0 Å². The van der Waals surface area contributed by atoms with Crippen molar-refractivity contribution >= 4 is 5.78 Å². The van der Waals surface area contributed by atoms with Crippen molar-refractivity contribution in [3.63, 3.8) is 0 Å². The fraction of sp³-hybridized carbons (Fsp3) is 0.0909. The van der Waals surface area contributed by atoms with E-state index in [1.54, 1.807) is 0 Å². The summed E-state index contributed by atoms with van der Waals surface area (Å²) >= 11 is 0. The van der Waals surface area contributed by atoms with Crippen molar-refractivity contribution in [1.29, 1.82) is 0 Å². The van der Waals surface area contributed by atoms with Crippen molar-refractivity contribution in [3.8, 4) is 50.8 Å². The Morgan fingerprint density at radius 3 is 2.11 bits per heavy atom. The standard InChI is InChI=1S/C33H28N2O2/c1-3-21-35-32(26-15-8-5-9-16-26)31(25-13-6-4-7-14-25)34-33(35)30-20-11-10-19-29(30)27-17-12-18-28(22-27)37-23-24(2)36/h3-20,22H,1,21,23H2,2H3. The van der Waals surface area contributed by atoms with Crippen LogP contribution in [0.4, 0.5) is 0 Å². The lowest BCUT2D eigenvalue weighted by Crippen LogP contribution is -2.06. The van der Waals surface area contributed by atoms with E-state index in [1.165, 1.54) is 6.92 Å². The van der Waals surface area contributed by atoms with Gasteiger partial charge in [-0.25, -0.2) is 4.98 Å². The first-order valence-corrected chi connectivity index (χ1v) is 12.3. The van der Waals surface area contributed by atoms with Gasteiger partial charge in [-0.2, -0.15) is 0 Å². The Hall–Kier alpha value is -4.70. The van der Waals surface area contributed by atoms with Gasteiger partial charge in [0.25, 0.3) is 0 Å². The first-order valence-electron chi connectivity index (χ1n) is 12.3. The first-order chi connectivity index (χ1) is 18.2. The van der Waals surface area contributed by atoms with Crippen LogP contribution in [-0.4, -0.2) is 21.9 Å². The summed E-state index contributed by atoms with van der Waals surface area (Å²) in [7, 11) is 0. The number of benzene rings is 4. The molecule has 1 heterocycles. The average molecular weight is 485 g/mol. The first kappa shape index (κ1) is 24.0. The number of rotatable bonds is 9. The van der Waals surface area contributed by atoms with E-state index in [2.05, 4.69) is 65.7 Å². The minimum absolute atomic E-state index is 0.0147. The highest BCUT2D eigenvalue weighted by atomic mass is 16.5. The molecule has 0 N–H and O–H groups in total. The van der Waals surface area contributed by atoms with Gasteiger partial charge in [-0.1, -0.05) is 103 Å². The topological polar surface area (TPSA) is 44.1 Å². The molecule has 0 aliphatic carbocycles. The predicted octanol–water partition coefficient (Wildman–Crippen LogP) is 7.70. The van der Waals surface area contributed by atoms with E-state index in [0.29, 0.717) is 12.3 Å². The largest absolute Gasteiger partial charge is 0.486 e. The van der Waals surface area contributed by atoms with Crippen LogP contribution in [0.1, 0.15) is 6.92 Å². The summed E-state index contributed by atoms with van der Waals surface area (Å²) < 4.78 is 7.93. The number of carbonyl (C=O) groups excluding carboxylic acids is 1. The Labute approximate surface area is 217 Å². The molecule has 5 aromatic rings. The van der Waals surface area contributed by atoms with Gasteiger partial charge in [-0.05, 0) is 30.2 Å². The Balaban J connectivity index is 1.72. The molecule has 0 amide bonds. The lowest BCUT2D eigenvalue weighted by atomic mass is 9.99. The van der Waals surface area contributed by atoms with Crippen molar-refractivity contribution in [2.24, 2.45) is 0 Å². The number of Topliss-reactive ketones (excluding diaryl/α,β-unsaturated/α-hetero) is 1. The lowest BCUT2D eigenvalue weighted by Gasteiger charge is -2.14. The molecular weight excluding hydrogens is 456 g/mol. The van der Waals surface area contributed by atoms with Crippen LogP contribution in [0.5, 0.6) is 5.75 Å². The molecule has 182 valence electrons. The van der Waals surface area contributed by atoms with E-state index in [4.69, 9.17) is 9.72 Å². The number of ketones is 1. The van der Waals surface area contributed by atoms with Crippen LogP contribution in [0.25, 0.3) is 45.0 Å². The molecule has 0 atom stereocenters. The van der Waals surface area contributed by atoms with Gasteiger partial charge < -0.3 is 9.30 Å². The molecule has 0 bridgehead atoms. The van der Waals surface area contributed by atoms with E-state index in [1.807, 2.05) is 60.7 Å². The predicted molar refractivity (Wildman–Crippen MR) is 150 cm³/mol. The van der Waals surface area contributed by atoms with E-state index >= 15 is 0 Å². The smallest absolute Gasteiger partial charge is 0.167 e. The second kappa shape index (κ2) is 10.9. The van der Waals surface area contributed by atoms with Crippen LogP contribution >= 0.6 is 0 Å². The van der Waals surface area contributed by atoms with Crippen molar-refractivity contribution < 1.29 is 9.53 Å². The number of imidazole rings is 1. The second-order valence-corrected chi connectivity index (χ2v) is 8.83. The highest BCUT2D eigenvalue weighted by Crippen LogP contribution is 2.39. The number of nitrogens with zero attached hydrogens (tertiary/aromatic N) is 2. The van der Waals surface area contributed by atoms with Crippen molar-refractivity contribution in [1.82, 2.24) is 9.55 Å². The number of hydrogen-bond acceptors (Lipinski definition) is 3. The van der Waals surface area contributed by atoms with E-state index in [-0.39, 0.29) is 12.4 Å². The average Bonchev–Trinajstić information content (AvgIpc) is 3.32. The molecule has 0 aliphatic heterocycles. The summed E-state index contributed by atoms with van der Waals surface area (Å²) in [5.74, 6) is 1.51. The number of hydrogen-bond donors (Lipinski definition) is 0. The van der Waals surface area contributed by atoms with Gasteiger partial charge in [0, 0.05) is 23.2 Å². The van der Waals surface area contributed by atoms with Gasteiger partial charge in [0.15, 0.2) is 5.78 Å². The van der Waals surface area contributed by atoms with Crippen molar-refractivity contribution in [3.05, 3.63) is 122 Å². The van der Waals surface area contributed by atoms with E-state index in [9.17, 15) is 4.79 Å². The van der Waals surface area contributed by atoms with Gasteiger partial charge in [0.1, 0.15) is 18.2 Å². The van der Waals surface area contributed by atoms with Gasteiger partial charge in [-0.3, -0.25) is 4.79 Å². The second-order valence-electron chi connectivity index (χ2n) is 8.83. The molecule has 4 heteroatoms. The zero-order valence-corrected chi connectivity index (χ0v) is 20.8. The molecule has 0 saturated heterocycles. The van der Waals surface area contributed by atoms with Crippen molar-refractivity contribution in [2.45, 2.75) is 13.5 Å². The van der Waals surface area contributed by atoms with Gasteiger partial charge in [-0.15, -0.1) is 6.58 Å². The Morgan fingerprint density at radius 2 is 1.43 bits per heavy atom. The van der Waals surface area contributed by atoms with Crippen LogP contribution in [0, 0.1) is 0 Å². The van der Waals surface area contributed by atoms with Gasteiger partial charge in [0.05, 0.1) is 11.4 Å². The number of aromatic nitrogens is 2. The van der Waals surface area contributed by atoms with Crippen LogP contribution in [-0.2, 0) is 11.3 Å². The maximum atomic E-state index is 11.4. The third-order valence-electron chi connectivity index (χ3n) is 6.13. The minimum atomic E-state index is -0.0147. The highest BCUT2D eigenvalue weighted by molar-refractivity contribution is 5.87. The summed E-state index contributed by atoms with van der Waals surface area (Å²) in [5, 5.41) is 0. The van der Waals surface area contributed by atoms with E-state index in [0.717, 1.165) is 45.0 Å². The maximum absolute atomic E-state index is 11.4. The molecule has 0 radical (unpaired) electrons. The zero-order valence-electron chi connectivity index (χ0n) is 20.8. The van der Waals surface area contributed by atoms with Crippen LogP contribution < -0.4 is 4.74 Å². The molecule has 37 heavy (non-hydrogen) atoms. The summed E-state index contributed by atoms with van der Waals surface area (Å²) in [5.41, 5.74) is 7.17. The number of allylic oxidation sites excluding steroid dienone is 1. The minimum Gasteiger partial charge on any atom is -0.486 e. The Morgan fingerprint density at radius 1 is 0.811 bits per heavy atom. The fourth-order valence-electron chi connectivity index (χ4n) is 4.52.